The fraction of sp³-hybridized carbons (Fsp3) is 0.241. The SMILES string of the molecule is CN(C)CCCOc1ccccc1-c1ccc(C(=O)NCCc2ccc3[nH]cc(C(=N)N)c3c2)cc1. The van der Waals surface area contributed by atoms with Crippen molar-refractivity contribution in [2.24, 2.45) is 5.73 Å². The number of para-hydroxylation sites is 1. The van der Waals surface area contributed by atoms with Gasteiger partial charge in [-0.25, -0.2) is 0 Å². The van der Waals surface area contributed by atoms with Crippen LogP contribution in [-0.4, -0.2) is 55.4 Å². The van der Waals surface area contributed by atoms with Crippen molar-refractivity contribution >= 4 is 22.6 Å². The van der Waals surface area contributed by atoms with E-state index in [0.717, 1.165) is 46.3 Å². The third kappa shape index (κ3) is 6.12. The van der Waals surface area contributed by atoms with E-state index in [4.69, 9.17) is 15.9 Å². The molecule has 186 valence electrons. The molecule has 0 aliphatic rings. The number of benzene rings is 3. The van der Waals surface area contributed by atoms with Gasteiger partial charge in [-0.1, -0.05) is 36.4 Å². The molecule has 7 heteroatoms. The third-order valence-electron chi connectivity index (χ3n) is 6.09. The lowest BCUT2D eigenvalue weighted by Crippen LogP contribution is -2.25. The van der Waals surface area contributed by atoms with Crippen LogP contribution in [0.2, 0.25) is 0 Å². The number of nitrogen functional groups attached to an aromatic ring is 1. The van der Waals surface area contributed by atoms with E-state index >= 15 is 0 Å². The van der Waals surface area contributed by atoms with Crippen LogP contribution in [0.1, 0.15) is 27.9 Å². The van der Waals surface area contributed by atoms with Gasteiger partial charge in [-0.15, -0.1) is 0 Å². The standard InChI is InChI=1S/C29H33N5O2/c1-34(2)16-5-17-36-27-7-4-3-6-23(27)21-9-11-22(12-10-21)29(35)32-15-14-20-8-13-26-24(18-20)25(19-33-26)28(30)31/h3-4,6-13,18-19,33H,5,14-17H2,1-2H3,(H3,30,31)(H,32,35). The van der Waals surface area contributed by atoms with Crippen molar-refractivity contribution in [2.75, 3.05) is 33.8 Å². The molecule has 1 amide bonds. The summed E-state index contributed by atoms with van der Waals surface area (Å²) in [7, 11) is 4.11. The molecule has 0 aliphatic carbocycles. The average molecular weight is 484 g/mol. The van der Waals surface area contributed by atoms with Crippen molar-refractivity contribution in [2.45, 2.75) is 12.8 Å². The van der Waals surface area contributed by atoms with Gasteiger partial charge in [-0.05, 0) is 68.4 Å². The van der Waals surface area contributed by atoms with Gasteiger partial charge in [-0.2, -0.15) is 0 Å². The highest BCUT2D eigenvalue weighted by atomic mass is 16.5. The molecule has 0 radical (unpaired) electrons. The Morgan fingerprint density at radius 3 is 2.61 bits per heavy atom. The summed E-state index contributed by atoms with van der Waals surface area (Å²) in [5.74, 6) is 0.774. The van der Waals surface area contributed by atoms with Gasteiger partial charge in [0.1, 0.15) is 11.6 Å². The fourth-order valence-electron chi connectivity index (χ4n) is 4.16. The van der Waals surface area contributed by atoms with E-state index in [0.29, 0.717) is 30.7 Å². The highest BCUT2D eigenvalue weighted by Gasteiger charge is 2.10. The Labute approximate surface area is 211 Å². The highest BCUT2D eigenvalue weighted by molar-refractivity contribution is 6.07. The number of fused-ring (bicyclic) bond motifs is 1. The van der Waals surface area contributed by atoms with Gasteiger partial charge >= 0.3 is 0 Å². The summed E-state index contributed by atoms with van der Waals surface area (Å²) < 4.78 is 6.03. The Hall–Kier alpha value is -4.10. The van der Waals surface area contributed by atoms with Crippen LogP contribution in [0, 0.1) is 5.41 Å². The molecule has 0 saturated heterocycles. The predicted octanol–water partition coefficient (Wildman–Crippen LogP) is 4.42. The lowest BCUT2D eigenvalue weighted by atomic mass is 10.0. The number of hydrogen-bond donors (Lipinski definition) is 4. The topological polar surface area (TPSA) is 107 Å². The molecule has 0 fully saturated rings. The van der Waals surface area contributed by atoms with Gasteiger partial charge < -0.3 is 25.7 Å². The zero-order valence-corrected chi connectivity index (χ0v) is 20.8. The minimum absolute atomic E-state index is 0.0358. The Balaban J connectivity index is 1.35. The van der Waals surface area contributed by atoms with Crippen molar-refractivity contribution in [3.8, 4) is 16.9 Å². The summed E-state index contributed by atoms with van der Waals surface area (Å²) in [6.07, 6.45) is 3.39. The molecule has 0 aliphatic heterocycles. The minimum atomic E-state index is -0.109. The molecule has 0 saturated carbocycles. The molecule has 4 rings (SSSR count). The van der Waals surface area contributed by atoms with Gasteiger partial charge in [0.2, 0.25) is 0 Å². The maximum absolute atomic E-state index is 12.7. The Kier molecular flexibility index (Phi) is 8.02. The summed E-state index contributed by atoms with van der Waals surface area (Å²) in [4.78, 5) is 18.0. The van der Waals surface area contributed by atoms with Crippen molar-refractivity contribution in [1.29, 1.82) is 5.41 Å². The van der Waals surface area contributed by atoms with Crippen LogP contribution in [-0.2, 0) is 6.42 Å². The number of amides is 1. The van der Waals surface area contributed by atoms with Gasteiger partial charge in [0.05, 0.1) is 6.61 Å². The second kappa shape index (κ2) is 11.6. The maximum atomic E-state index is 12.7. The van der Waals surface area contributed by atoms with E-state index in [1.165, 1.54) is 0 Å². The number of ether oxygens (including phenoxy) is 1. The molecule has 0 bridgehead atoms. The van der Waals surface area contributed by atoms with Crippen LogP contribution in [0.4, 0.5) is 0 Å². The first kappa shape index (κ1) is 25.0. The van der Waals surface area contributed by atoms with E-state index in [9.17, 15) is 4.79 Å². The van der Waals surface area contributed by atoms with E-state index < -0.39 is 0 Å². The quantitative estimate of drug-likeness (QED) is 0.144. The Bertz CT molecular complexity index is 1340. The predicted molar refractivity (Wildman–Crippen MR) is 146 cm³/mol. The van der Waals surface area contributed by atoms with E-state index in [-0.39, 0.29) is 11.7 Å². The average Bonchev–Trinajstić information content (AvgIpc) is 3.30. The first-order valence-electron chi connectivity index (χ1n) is 12.1. The Morgan fingerprint density at radius 2 is 1.86 bits per heavy atom. The molecule has 0 spiro atoms. The highest BCUT2D eigenvalue weighted by Crippen LogP contribution is 2.30. The van der Waals surface area contributed by atoms with Gasteiger partial charge in [0, 0.05) is 46.9 Å². The number of aromatic nitrogens is 1. The lowest BCUT2D eigenvalue weighted by Gasteiger charge is -2.14. The number of carbonyl (C=O) groups is 1. The largest absolute Gasteiger partial charge is 0.493 e. The maximum Gasteiger partial charge on any atom is 0.251 e. The summed E-state index contributed by atoms with van der Waals surface area (Å²) in [6, 6.07) is 21.6. The molecule has 0 unspecified atom stereocenters. The second-order valence-corrected chi connectivity index (χ2v) is 9.08. The number of amidine groups is 1. The number of nitrogens with two attached hydrogens (primary N) is 1. The smallest absolute Gasteiger partial charge is 0.251 e. The molecule has 1 heterocycles. The first-order valence-corrected chi connectivity index (χ1v) is 12.1. The van der Waals surface area contributed by atoms with Crippen molar-refractivity contribution in [1.82, 2.24) is 15.2 Å². The molecule has 7 nitrogen and oxygen atoms in total. The van der Waals surface area contributed by atoms with Crippen molar-refractivity contribution in [3.05, 3.63) is 89.6 Å². The van der Waals surface area contributed by atoms with Crippen LogP contribution in [0.3, 0.4) is 0 Å². The van der Waals surface area contributed by atoms with Gasteiger partial charge in [0.15, 0.2) is 0 Å². The van der Waals surface area contributed by atoms with Crippen molar-refractivity contribution < 1.29 is 9.53 Å². The molecular weight excluding hydrogens is 450 g/mol. The van der Waals surface area contributed by atoms with Crippen LogP contribution < -0.4 is 15.8 Å². The number of hydrogen-bond acceptors (Lipinski definition) is 4. The third-order valence-corrected chi connectivity index (χ3v) is 6.09. The number of nitrogens with zero attached hydrogens (tertiary/aromatic N) is 1. The van der Waals surface area contributed by atoms with Crippen LogP contribution in [0.5, 0.6) is 5.75 Å². The zero-order chi connectivity index (χ0) is 25.5. The number of rotatable bonds is 11. The molecule has 1 aromatic heterocycles. The minimum Gasteiger partial charge on any atom is -0.493 e. The molecule has 5 N–H and O–H groups in total. The van der Waals surface area contributed by atoms with Gasteiger partial charge in [0.25, 0.3) is 5.91 Å². The van der Waals surface area contributed by atoms with E-state index in [1.54, 1.807) is 6.20 Å². The summed E-state index contributed by atoms with van der Waals surface area (Å²) in [6.45, 7) is 2.14. The number of nitrogens with one attached hydrogen (secondary N) is 3. The van der Waals surface area contributed by atoms with Crippen molar-refractivity contribution in [3.63, 3.8) is 0 Å². The normalized spacial score (nSPS) is 11.1. The summed E-state index contributed by atoms with van der Waals surface area (Å²) >= 11 is 0. The van der Waals surface area contributed by atoms with Crippen LogP contribution in [0.15, 0.2) is 72.9 Å². The van der Waals surface area contributed by atoms with E-state index in [1.807, 2.05) is 66.7 Å². The fourth-order valence-corrected chi connectivity index (χ4v) is 4.16. The number of aromatic amines is 1. The number of carbonyl (C=O) groups excluding carboxylic acids is 1. The summed E-state index contributed by atoms with van der Waals surface area (Å²) in [5, 5.41) is 11.6. The molecule has 3 aromatic carbocycles. The first-order chi connectivity index (χ1) is 17.4. The Morgan fingerprint density at radius 1 is 1.08 bits per heavy atom. The lowest BCUT2D eigenvalue weighted by molar-refractivity contribution is 0.0954. The van der Waals surface area contributed by atoms with Gasteiger partial charge in [-0.3, -0.25) is 10.2 Å². The zero-order valence-electron chi connectivity index (χ0n) is 20.8. The van der Waals surface area contributed by atoms with Crippen LogP contribution in [0.25, 0.3) is 22.0 Å². The molecule has 36 heavy (non-hydrogen) atoms. The second-order valence-electron chi connectivity index (χ2n) is 9.08. The molecule has 4 aromatic rings. The molecule has 0 atom stereocenters. The summed E-state index contributed by atoms with van der Waals surface area (Å²) in [5.41, 5.74) is 11.0. The van der Waals surface area contributed by atoms with Crippen LogP contribution >= 0.6 is 0 Å². The monoisotopic (exact) mass is 483 g/mol. The van der Waals surface area contributed by atoms with E-state index in [2.05, 4.69) is 29.3 Å². The number of H-pyrrole nitrogens is 1. The molecular formula is C29H33N5O2.